The minimum atomic E-state index is -0.571. The number of nitrogens with one attached hydrogen (secondary N) is 1. The van der Waals surface area contributed by atoms with Gasteiger partial charge in [0, 0.05) is 55.9 Å². The molecule has 4 heterocycles. The van der Waals surface area contributed by atoms with E-state index >= 15 is 0 Å². The molecule has 2 aromatic rings. The maximum absolute atomic E-state index is 13.5. The molecule has 2 saturated heterocycles. The molecule has 2 aromatic heterocycles. The number of rotatable bonds is 6. The zero-order chi connectivity index (χ0) is 22.8. The Morgan fingerprint density at radius 2 is 1.97 bits per heavy atom. The number of likely N-dealkylation sites (tertiary alicyclic amines) is 1. The van der Waals surface area contributed by atoms with Crippen LogP contribution in [-0.2, 0) is 16.1 Å². The Bertz CT molecular complexity index is 989. The molecule has 2 atom stereocenters. The van der Waals surface area contributed by atoms with E-state index in [-0.39, 0.29) is 29.7 Å². The highest BCUT2D eigenvalue weighted by Crippen LogP contribution is 2.35. The van der Waals surface area contributed by atoms with Gasteiger partial charge in [-0.25, -0.2) is 0 Å². The molecule has 0 radical (unpaired) electrons. The van der Waals surface area contributed by atoms with Crippen LogP contribution in [-0.4, -0.2) is 82.2 Å². The van der Waals surface area contributed by atoms with Gasteiger partial charge < -0.3 is 20.0 Å². The summed E-state index contributed by atoms with van der Waals surface area (Å²) >= 11 is 1.63. The van der Waals surface area contributed by atoms with Crippen molar-refractivity contribution >= 4 is 29.1 Å². The Morgan fingerprint density at radius 1 is 1.15 bits per heavy atom. The van der Waals surface area contributed by atoms with Gasteiger partial charge in [-0.15, -0.1) is 11.3 Å². The van der Waals surface area contributed by atoms with E-state index in [9.17, 15) is 14.4 Å². The molecule has 0 bridgehead atoms. The normalized spacial score (nSPS) is 22.9. The fraction of sp³-hybridized carbons (Fsp3) is 0.500. The average Bonchev–Trinajstić information content (AvgIpc) is 3.41. The van der Waals surface area contributed by atoms with Crippen molar-refractivity contribution in [2.45, 2.75) is 37.9 Å². The summed E-state index contributed by atoms with van der Waals surface area (Å²) in [6.07, 6.45) is 5.49. The van der Waals surface area contributed by atoms with Gasteiger partial charge in [0.2, 0.25) is 11.8 Å². The summed E-state index contributed by atoms with van der Waals surface area (Å²) in [7, 11) is 0. The topological polar surface area (TPSA) is 85.9 Å². The molecule has 3 aliphatic rings. The maximum Gasteiger partial charge on any atom is 0.256 e. The van der Waals surface area contributed by atoms with Gasteiger partial charge in [0.15, 0.2) is 0 Å². The fourth-order valence-corrected chi connectivity index (χ4v) is 5.47. The second kappa shape index (κ2) is 9.61. The Hall–Kier alpha value is -2.78. The van der Waals surface area contributed by atoms with Crippen molar-refractivity contribution in [1.82, 2.24) is 25.0 Å². The zero-order valence-electron chi connectivity index (χ0n) is 18.6. The number of amides is 3. The highest BCUT2D eigenvalue weighted by Gasteiger charge is 2.46. The fourth-order valence-electron chi connectivity index (χ4n) is 4.77. The van der Waals surface area contributed by atoms with Gasteiger partial charge in [0.1, 0.15) is 6.04 Å². The van der Waals surface area contributed by atoms with Crippen LogP contribution in [0.25, 0.3) is 0 Å². The lowest BCUT2D eigenvalue weighted by Crippen LogP contribution is -2.53. The molecule has 1 N–H and O–H groups in total. The molecule has 0 aromatic carbocycles. The van der Waals surface area contributed by atoms with Crippen LogP contribution in [0, 0.1) is 5.92 Å². The van der Waals surface area contributed by atoms with Crippen LogP contribution in [0.4, 0.5) is 0 Å². The molecule has 3 amide bonds. The summed E-state index contributed by atoms with van der Waals surface area (Å²) in [6.45, 7) is 3.66. The van der Waals surface area contributed by atoms with E-state index in [1.165, 1.54) is 0 Å². The Kier molecular flexibility index (Phi) is 6.41. The van der Waals surface area contributed by atoms with Crippen molar-refractivity contribution in [3.8, 4) is 0 Å². The lowest BCUT2D eigenvalue weighted by Gasteiger charge is -2.32. The summed E-state index contributed by atoms with van der Waals surface area (Å²) < 4.78 is 0. The number of nitrogens with zero attached hydrogens (tertiary/aromatic N) is 4. The quantitative estimate of drug-likeness (QED) is 0.698. The highest BCUT2D eigenvalue weighted by atomic mass is 32.1. The molecule has 5 rings (SSSR count). The number of carbonyl (C=O) groups is 3. The number of piperazine rings is 1. The Labute approximate surface area is 197 Å². The van der Waals surface area contributed by atoms with Crippen molar-refractivity contribution in [2.24, 2.45) is 5.92 Å². The average molecular weight is 468 g/mol. The molecule has 174 valence electrons. The van der Waals surface area contributed by atoms with Gasteiger partial charge in [0.05, 0.1) is 18.2 Å². The summed E-state index contributed by atoms with van der Waals surface area (Å²) in [6, 6.07) is 6.73. The van der Waals surface area contributed by atoms with E-state index in [2.05, 4.69) is 10.3 Å². The number of thiophene rings is 1. The summed E-state index contributed by atoms with van der Waals surface area (Å²) in [5.74, 6) is 0.00743. The van der Waals surface area contributed by atoms with Crippen LogP contribution in [0.3, 0.4) is 0 Å². The number of pyridine rings is 1. The molecule has 8 nitrogen and oxygen atoms in total. The third-order valence-electron chi connectivity index (χ3n) is 6.72. The van der Waals surface area contributed by atoms with Crippen molar-refractivity contribution in [1.29, 1.82) is 0 Å². The van der Waals surface area contributed by atoms with Gasteiger partial charge >= 0.3 is 0 Å². The van der Waals surface area contributed by atoms with Crippen molar-refractivity contribution in [3.63, 3.8) is 0 Å². The SMILES string of the molecule is O=C(C1CC(N(Cc2cccs2)C(=O)C2CC2)CN1C(=O)c1cccnc1)N1CCNCC1. The second-order valence-electron chi connectivity index (χ2n) is 9.00. The minimum Gasteiger partial charge on any atom is -0.338 e. The highest BCUT2D eigenvalue weighted by molar-refractivity contribution is 7.09. The monoisotopic (exact) mass is 467 g/mol. The third kappa shape index (κ3) is 4.79. The number of hydrogen-bond donors (Lipinski definition) is 1. The molecular formula is C24H29N5O3S. The molecular weight excluding hydrogens is 438 g/mol. The molecule has 2 aliphatic heterocycles. The van der Waals surface area contributed by atoms with Crippen molar-refractivity contribution in [2.75, 3.05) is 32.7 Å². The predicted molar refractivity (Wildman–Crippen MR) is 125 cm³/mol. The number of carbonyl (C=O) groups excluding carboxylic acids is 3. The van der Waals surface area contributed by atoms with E-state index in [1.54, 1.807) is 40.8 Å². The lowest BCUT2D eigenvalue weighted by atomic mass is 10.1. The number of hydrogen-bond acceptors (Lipinski definition) is 6. The summed E-state index contributed by atoms with van der Waals surface area (Å²) in [5, 5.41) is 5.28. The first-order chi connectivity index (χ1) is 16.1. The first-order valence-electron chi connectivity index (χ1n) is 11.6. The van der Waals surface area contributed by atoms with Crippen LogP contribution in [0.15, 0.2) is 42.0 Å². The van der Waals surface area contributed by atoms with E-state index in [0.29, 0.717) is 38.2 Å². The zero-order valence-corrected chi connectivity index (χ0v) is 19.4. The van der Waals surface area contributed by atoms with Gasteiger partial charge in [-0.3, -0.25) is 19.4 Å². The van der Waals surface area contributed by atoms with Crippen LogP contribution < -0.4 is 5.32 Å². The Balaban J connectivity index is 1.42. The van der Waals surface area contributed by atoms with E-state index < -0.39 is 6.04 Å². The first-order valence-corrected chi connectivity index (χ1v) is 12.5. The number of aromatic nitrogens is 1. The van der Waals surface area contributed by atoms with Gasteiger partial charge in [-0.2, -0.15) is 0 Å². The van der Waals surface area contributed by atoms with Crippen LogP contribution in [0.1, 0.15) is 34.5 Å². The van der Waals surface area contributed by atoms with Crippen LogP contribution in [0.5, 0.6) is 0 Å². The third-order valence-corrected chi connectivity index (χ3v) is 7.58. The minimum absolute atomic E-state index is 0.0221. The Morgan fingerprint density at radius 3 is 2.64 bits per heavy atom. The smallest absolute Gasteiger partial charge is 0.256 e. The largest absolute Gasteiger partial charge is 0.338 e. The molecule has 1 saturated carbocycles. The predicted octanol–water partition coefficient (Wildman–Crippen LogP) is 1.60. The van der Waals surface area contributed by atoms with Gasteiger partial charge in [0.25, 0.3) is 5.91 Å². The van der Waals surface area contributed by atoms with Gasteiger partial charge in [-0.05, 0) is 42.8 Å². The standard InChI is InChI=1S/C24H29N5O3S/c30-22(17-5-6-17)28(16-20-4-2-12-33-20)19-13-21(24(32)27-10-8-25-9-11-27)29(15-19)23(31)18-3-1-7-26-14-18/h1-4,7,12,14,17,19,21,25H,5-6,8-11,13,15-16H2. The van der Waals surface area contributed by atoms with Crippen molar-refractivity contribution < 1.29 is 14.4 Å². The van der Waals surface area contributed by atoms with E-state index in [4.69, 9.17) is 0 Å². The maximum atomic E-state index is 13.5. The summed E-state index contributed by atoms with van der Waals surface area (Å²) in [5.41, 5.74) is 0.467. The summed E-state index contributed by atoms with van der Waals surface area (Å²) in [4.78, 5) is 50.9. The molecule has 9 heteroatoms. The molecule has 3 fully saturated rings. The van der Waals surface area contributed by atoms with Gasteiger partial charge in [-0.1, -0.05) is 6.07 Å². The molecule has 1 aliphatic carbocycles. The molecule has 2 unspecified atom stereocenters. The van der Waals surface area contributed by atoms with Crippen LogP contribution >= 0.6 is 11.3 Å². The molecule has 0 spiro atoms. The van der Waals surface area contributed by atoms with Crippen molar-refractivity contribution in [3.05, 3.63) is 52.5 Å². The van der Waals surface area contributed by atoms with Crippen LogP contribution in [0.2, 0.25) is 0 Å². The lowest BCUT2D eigenvalue weighted by molar-refractivity contribution is -0.137. The van der Waals surface area contributed by atoms with E-state index in [0.717, 1.165) is 30.8 Å². The second-order valence-corrected chi connectivity index (χ2v) is 10.0. The first kappa shape index (κ1) is 22.0. The molecule has 33 heavy (non-hydrogen) atoms. The van der Waals surface area contributed by atoms with E-state index in [1.807, 2.05) is 27.3 Å².